The molecule has 1 aromatic rings. The van der Waals surface area contributed by atoms with E-state index in [0.717, 1.165) is 24.9 Å². The molecule has 0 aromatic carbocycles. The monoisotopic (exact) mass is 206 g/mol. The molecule has 0 unspecified atom stereocenters. The van der Waals surface area contributed by atoms with Crippen molar-refractivity contribution in [2.75, 3.05) is 11.4 Å². The Kier molecular flexibility index (Phi) is 2.91. The lowest BCUT2D eigenvalue weighted by Gasteiger charge is -2.24. The number of hydrogen-bond acceptors (Lipinski definition) is 4. The van der Waals surface area contributed by atoms with E-state index in [2.05, 4.69) is 9.97 Å². The van der Waals surface area contributed by atoms with Crippen molar-refractivity contribution in [3.63, 3.8) is 0 Å². The van der Waals surface area contributed by atoms with Crippen LogP contribution in [0.3, 0.4) is 0 Å². The molecule has 2 heterocycles. The summed E-state index contributed by atoms with van der Waals surface area (Å²) in [6, 6.07) is 0. The first-order valence-corrected chi connectivity index (χ1v) is 5.12. The number of rotatable bonds is 2. The van der Waals surface area contributed by atoms with Gasteiger partial charge in [-0.15, -0.1) is 0 Å². The van der Waals surface area contributed by atoms with E-state index in [1.807, 2.05) is 0 Å². The van der Waals surface area contributed by atoms with Gasteiger partial charge in [0.2, 0.25) is 11.9 Å². The van der Waals surface area contributed by atoms with Crippen molar-refractivity contribution in [2.24, 2.45) is 5.73 Å². The standard InChI is InChI=1S/C10H14N4O/c11-5-8-6-12-10(13-7-8)14-4-2-1-3-9(14)15/h6-7H,1-5,11H2. The fraction of sp³-hybridized carbons (Fsp3) is 0.500. The molecule has 1 fully saturated rings. The first kappa shape index (κ1) is 10.0. The second-order valence-corrected chi connectivity index (χ2v) is 3.60. The maximum absolute atomic E-state index is 11.6. The van der Waals surface area contributed by atoms with Crippen LogP contribution in [0.15, 0.2) is 12.4 Å². The smallest absolute Gasteiger partial charge is 0.232 e. The molecule has 15 heavy (non-hydrogen) atoms. The van der Waals surface area contributed by atoms with Crippen molar-refractivity contribution in [1.82, 2.24) is 9.97 Å². The van der Waals surface area contributed by atoms with Crippen LogP contribution in [0.4, 0.5) is 5.95 Å². The Labute approximate surface area is 88.3 Å². The second-order valence-electron chi connectivity index (χ2n) is 3.60. The molecular formula is C10H14N4O. The first-order chi connectivity index (χ1) is 7.31. The molecule has 5 nitrogen and oxygen atoms in total. The lowest BCUT2D eigenvalue weighted by molar-refractivity contribution is -0.119. The number of anilines is 1. The number of nitrogens with two attached hydrogens (primary N) is 1. The summed E-state index contributed by atoms with van der Waals surface area (Å²) < 4.78 is 0. The van der Waals surface area contributed by atoms with Crippen molar-refractivity contribution in [3.8, 4) is 0 Å². The van der Waals surface area contributed by atoms with Crippen molar-refractivity contribution < 1.29 is 4.79 Å². The van der Waals surface area contributed by atoms with Gasteiger partial charge >= 0.3 is 0 Å². The fourth-order valence-corrected chi connectivity index (χ4v) is 1.61. The molecule has 1 saturated heterocycles. The van der Waals surface area contributed by atoms with E-state index in [1.165, 1.54) is 0 Å². The van der Waals surface area contributed by atoms with Crippen LogP contribution in [0.5, 0.6) is 0 Å². The van der Waals surface area contributed by atoms with Gasteiger partial charge in [-0.2, -0.15) is 0 Å². The van der Waals surface area contributed by atoms with Crippen LogP contribution < -0.4 is 10.6 Å². The van der Waals surface area contributed by atoms with Crippen molar-refractivity contribution in [1.29, 1.82) is 0 Å². The van der Waals surface area contributed by atoms with Crippen LogP contribution in [-0.2, 0) is 11.3 Å². The maximum Gasteiger partial charge on any atom is 0.232 e. The number of carbonyl (C=O) groups excluding carboxylic acids is 1. The SMILES string of the molecule is NCc1cnc(N2CCCCC2=O)nc1. The van der Waals surface area contributed by atoms with Crippen LogP contribution in [0.25, 0.3) is 0 Å². The molecule has 0 aliphatic carbocycles. The van der Waals surface area contributed by atoms with Gasteiger partial charge in [0, 0.05) is 37.5 Å². The molecule has 1 amide bonds. The van der Waals surface area contributed by atoms with Crippen molar-refractivity contribution >= 4 is 11.9 Å². The highest BCUT2D eigenvalue weighted by molar-refractivity contribution is 5.92. The van der Waals surface area contributed by atoms with Crippen LogP contribution >= 0.6 is 0 Å². The topological polar surface area (TPSA) is 72.1 Å². The van der Waals surface area contributed by atoms with Gasteiger partial charge < -0.3 is 5.73 Å². The Hall–Kier alpha value is -1.49. The minimum Gasteiger partial charge on any atom is -0.326 e. The number of carbonyl (C=O) groups is 1. The Bertz CT molecular complexity index is 349. The quantitative estimate of drug-likeness (QED) is 0.762. The summed E-state index contributed by atoms with van der Waals surface area (Å²) in [5.41, 5.74) is 6.32. The van der Waals surface area contributed by atoms with Crippen LogP contribution in [0.1, 0.15) is 24.8 Å². The van der Waals surface area contributed by atoms with Gasteiger partial charge in [-0.25, -0.2) is 9.97 Å². The summed E-state index contributed by atoms with van der Waals surface area (Å²) in [6.45, 7) is 1.15. The molecule has 1 aliphatic rings. The predicted molar refractivity (Wildman–Crippen MR) is 56.1 cm³/mol. The molecule has 2 N–H and O–H groups in total. The normalized spacial score (nSPS) is 16.9. The maximum atomic E-state index is 11.6. The van der Waals surface area contributed by atoms with E-state index in [1.54, 1.807) is 17.3 Å². The average Bonchev–Trinajstić information content (AvgIpc) is 2.30. The van der Waals surface area contributed by atoms with Crippen LogP contribution in [-0.4, -0.2) is 22.4 Å². The van der Waals surface area contributed by atoms with Gasteiger partial charge in [0.15, 0.2) is 0 Å². The molecule has 0 atom stereocenters. The van der Waals surface area contributed by atoms with Gasteiger partial charge in [-0.05, 0) is 12.8 Å². The molecule has 5 heteroatoms. The van der Waals surface area contributed by atoms with Gasteiger partial charge in [-0.3, -0.25) is 9.69 Å². The van der Waals surface area contributed by atoms with E-state index >= 15 is 0 Å². The largest absolute Gasteiger partial charge is 0.326 e. The third-order valence-electron chi connectivity index (χ3n) is 2.49. The Morgan fingerprint density at radius 1 is 1.33 bits per heavy atom. The molecular weight excluding hydrogens is 192 g/mol. The number of hydrogen-bond donors (Lipinski definition) is 1. The predicted octanol–water partition coefficient (Wildman–Crippen LogP) is 0.452. The highest BCUT2D eigenvalue weighted by atomic mass is 16.2. The molecule has 0 bridgehead atoms. The van der Waals surface area contributed by atoms with Gasteiger partial charge in [-0.1, -0.05) is 0 Å². The molecule has 80 valence electrons. The number of amides is 1. The van der Waals surface area contributed by atoms with E-state index < -0.39 is 0 Å². The second kappa shape index (κ2) is 4.35. The summed E-state index contributed by atoms with van der Waals surface area (Å²) in [6.07, 6.45) is 5.93. The van der Waals surface area contributed by atoms with Crippen LogP contribution in [0, 0.1) is 0 Å². The van der Waals surface area contributed by atoms with Gasteiger partial charge in [0.1, 0.15) is 0 Å². The number of nitrogens with zero attached hydrogens (tertiary/aromatic N) is 3. The molecule has 0 saturated carbocycles. The van der Waals surface area contributed by atoms with E-state index in [4.69, 9.17) is 5.73 Å². The summed E-state index contributed by atoms with van der Waals surface area (Å²) in [5, 5.41) is 0. The van der Waals surface area contributed by atoms with E-state index in [9.17, 15) is 4.79 Å². The van der Waals surface area contributed by atoms with E-state index in [-0.39, 0.29) is 5.91 Å². The zero-order valence-corrected chi connectivity index (χ0v) is 8.52. The molecule has 0 spiro atoms. The van der Waals surface area contributed by atoms with Gasteiger partial charge in [0.25, 0.3) is 0 Å². The van der Waals surface area contributed by atoms with E-state index in [0.29, 0.717) is 18.9 Å². The minimum atomic E-state index is 0.113. The highest BCUT2D eigenvalue weighted by Crippen LogP contribution is 2.16. The minimum absolute atomic E-state index is 0.113. The Morgan fingerprint density at radius 3 is 2.67 bits per heavy atom. The fourth-order valence-electron chi connectivity index (χ4n) is 1.61. The third-order valence-corrected chi connectivity index (χ3v) is 2.49. The summed E-state index contributed by atoms with van der Waals surface area (Å²) in [4.78, 5) is 21.5. The third kappa shape index (κ3) is 2.12. The Morgan fingerprint density at radius 2 is 2.07 bits per heavy atom. The van der Waals surface area contributed by atoms with Crippen molar-refractivity contribution in [2.45, 2.75) is 25.8 Å². The lowest BCUT2D eigenvalue weighted by Crippen LogP contribution is -2.36. The molecule has 0 radical (unpaired) electrons. The summed E-state index contributed by atoms with van der Waals surface area (Å²) in [5.74, 6) is 0.610. The molecule has 1 aromatic heterocycles. The highest BCUT2D eigenvalue weighted by Gasteiger charge is 2.21. The average molecular weight is 206 g/mol. The zero-order chi connectivity index (χ0) is 10.7. The lowest BCUT2D eigenvalue weighted by atomic mass is 10.1. The van der Waals surface area contributed by atoms with Gasteiger partial charge in [0.05, 0.1) is 0 Å². The number of piperidine rings is 1. The first-order valence-electron chi connectivity index (χ1n) is 5.12. The van der Waals surface area contributed by atoms with Crippen LogP contribution in [0.2, 0.25) is 0 Å². The Balaban J connectivity index is 2.17. The summed E-state index contributed by atoms with van der Waals surface area (Å²) >= 11 is 0. The molecule has 1 aliphatic heterocycles. The zero-order valence-electron chi connectivity index (χ0n) is 8.52. The summed E-state index contributed by atoms with van der Waals surface area (Å²) in [7, 11) is 0. The molecule has 2 rings (SSSR count). The number of aromatic nitrogens is 2. The van der Waals surface area contributed by atoms with Crippen molar-refractivity contribution in [3.05, 3.63) is 18.0 Å².